The van der Waals surface area contributed by atoms with E-state index >= 15 is 0 Å². The van der Waals surface area contributed by atoms with Crippen LogP contribution in [-0.2, 0) is 17.6 Å². The first kappa shape index (κ1) is 22.8. The smallest absolute Gasteiger partial charge is 0.220 e. The molecule has 33 heavy (non-hydrogen) atoms. The molecule has 1 amide bonds. The van der Waals surface area contributed by atoms with Gasteiger partial charge >= 0.3 is 0 Å². The highest BCUT2D eigenvalue weighted by atomic mass is 16.3. The Kier molecular flexibility index (Phi) is 6.63. The maximum absolute atomic E-state index is 12.6. The number of nitrogens with one attached hydrogen (secondary N) is 1. The number of fused-ring (bicyclic) bond motifs is 1. The zero-order valence-corrected chi connectivity index (χ0v) is 20.1. The largest absolute Gasteiger partial charge is 0.469 e. The third-order valence-corrected chi connectivity index (χ3v) is 6.27. The molecular weight excluding hydrogens is 412 g/mol. The van der Waals surface area contributed by atoms with Crippen molar-refractivity contribution in [3.8, 4) is 5.69 Å². The van der Waals surface area contributed by atoms with Crippen molar-refractivity contribution in [3.63, 3.8) is 0 Å². The highest BCUT2D eigenvalue weighted by Gasteiger charge is 2.18. The van der Waals surface area contributed by atoms with E-state index in [0.717, 1.165) is 57.8 Å². The lowest BCUT2D eigenvalue weighted by Crippen LogP contribution is -2.33. The van der Waals surface area contributed by atoms with Gasteiger partial charge < -0.3 is 9.73 Å². The number of pyridine rings is 1. The van der Waals surface area contributed by atoms with Crippen LogP contribution >= 0.6 is 0 Å². The lowest BCUT2D eigenvalue weighted by Gasteiger charge is -2.15. The molecule has 1 atom stereocenters. The Bertz CT molecular complexity index is 1250. The summed E-state index contributed by atoms with van der Waals surface area (Å²) >= 11 is 0. The van der Waals surface area contributed by atoms with E-state index in [4.69, 9.17) is 14.5 Å². The number of amides is 1. The van der Waals surface area contributed by atoms with Gasteiger partial charge in [0.2, 0.25) is 5.91 Å². The van der Waals surface area contributed by atoms with E-state index in [1.807, 2.05) is 37.6 Å². The van der Waals surface area contributed by atoms with Crippen molar-refractivity contribution in [1.82, 2.24) is 20.1 Å². The van der Waals surface area contributed by atoms with Gasteiger partial charge in [-0.15, -0.1) is 0 Å². The van der Waals surface area contributed by atoms with E-state index < -0.39 is 0 Å². The summed E-state index contributed by atoms with van der Waals surface area (Å²) in [6.45, 7) is 10.3. The second kappa shape index (κ2) is 9.61. The lowest BCUT2D eigenvalue weighted by atomic mass is 9.99. The molecular formula is C27H32N4O2. The van der Waals surface area contributed by atoms with Crippen molar-refractivity contribution >= 4 is 16.9 Å². The number of carbonyl (C=O) groups is 1. The van der Waals surface area contributed by atoms with Gasteiger partial charge in [-0.25, -0.2) is 9.67 Å². The molecule has 6 heteroatoms. The summed E-state index contributed by atoms with van der Waals surface area (Å²) in [6.07, 6.45) is 4.44. The molecule has 0 aliphatic rings. The minimum atomic E-state index is 0.0629. The van der Waals surface area contributed by atoms with Crippen LogP contribution in [0.15, 0.2) is 47.1 Å². The Hall–Kier alpha value is -3.41. The van der Waals surface area contributed by atoms with Crippen molar-refractivity contribution < 1.29 is 9.21 Å². The van der Waals surface area contributed by atoms with Crippen molar-refractivity contribution in [2.75, 3.05) is 0 Å². The number of aromatic nitrogens is 3. The zero-order chi connectivity index (χ0) is 23.5. The van der Waals surface area contributed by atoms with Crippen LogP contribution in [0.4, 0.5) is 0 Å². The molecule has 3 aromatic heterocycles. The zero-order valence-electron chi connectivity index (χ0n) is 20.1. The molecule has 172 valence electrons. The van der Waals surface area contributed by atoms with E-state index in [1.165, 1.54) is 5.56 Å². The normalized spacial score (nSPS) is 12.3. The molecule has 0 saturated heterocycles. The molecule has 0 aliphatic heterocycles. The number of benzene rings is 1. The van der Waals surface area contributed by atoms with E-state index in [1.54, 1.807) is 6.26 Å². The van der Waals surface area contributed by atoms with Gasteiger partial charge in [-0.2, -0.15) is 5.10 Å². The van der Waals surface area contributed by atoms with Crippen LogP contribution in [0.25, 0.3) is 16.7 Å². The molecule has 0 spiro atoms. The highest BCUT2D eigenvalue weighted by Crippen LogP contribution is 2.28. The van der Waals surface area contributed by atoms with E-state index in [2.05, 4.69) is 43.4 Å². The number of rotatable bonds is 8. The molecule has 3 heterocycles. The van der Waals surface area contributed by atoms with Crippen molar-refractivity contribution in [3.05, 3.63) is 76.5 Å². The van der Waals surface area contributed by atoms with Crippen LogP contribution < -0.4 is 5.32 Å². The summed E-state index contributed by atoms with van der Waals surface area (Å²) in [5, 5.41) is 8.96. The van der Waals surface area contributed by atoms with Crippen molar-refractivity contribution in [2.45, 2.75) is 66.3 Å². The van der Waals surface area contributed by atoms with Crippen molar-refractivity contribution in [2.24, 2.45) is 0 Å². The summed E-state index contributed by atoms with van der Waals surface area (Å²) in [7, 11) is 0. The van der Waals surface area contributed by atoms with Crippen LogP contribution in [-0.4, -0.2) is 26.7 Å². The Morgan fingerprint density at radius 3 is 2.52 bits per heavy atom. The molecule has 0 aliphatic carbocycles. The summed E-state index contributed by atoms with van der Waals surface area (Å²) in [4.78, 5) is 17.5. The van der Waals surface area contributed by atoms with Gasteiger partial charge in [0.15, 0.2) is 5.65 Å². The molecule has 0 unspecified atom stereocenters. The highest BCUT2D eigenvalue weighted by molar-refractivity contribution is 5.85. The van der Waals surface area contributed by atoms with Gasteiger partial charge in [0.1, 0.15) is 5.76 Å². The SMILES string of the molecule is Cc1ccc(-n2nc(C)c3c(C)c(CCC(=O)N[C@H](C)CCc4ccco4)c(C)nc32)cc1. The number of hydrogen-bond donors (Lipinski definition) is 1. The predicted octanol–water partition coefficient (Wildman–Crippen LogP) is 5.32. The summed E-state index contributed by atoms with van der Waals surface area (Å²) in [5.74, 6) is 1.01. The molecule has 4 aromatic rings. The standard InChI is InChI=1S/C27H32N4O2/c1-17-8-11-22(12-9-17)31-27-26(21(5)30-31)19(3)24(20(4)29-27)14-15-25(32)28-18(2)10-13-23-7-6-16-33-23/h6-9,11-12,16,18H,10,13-15H2,1-5H3,(H,28,32)/t18-/m1/s1. The molecule has 0 bridgehead atoms. The van der Waals surface area contributed by atoms with Gasteiger partial charge in [0, 0.05) is 30.0 Å². The first-order chi connectivity index (χ1) is 15.8. The first-order valence-electron chi connectivity index (χ1n) is 11.6. The Labute approximate surface area is 195 Å². The second-order valence-corrected chi connectivity index (χ2v) is 8.92. The second-order valence-electron chi connectivity index (χ2n) is 8.92. The molecule has 1 aromatic carbocycles. The summed E-state index contributed by atoms with van der Waals surface area (Å²) in [6, 6.07) is 12.3. The lowest BCUT2D eigenvalue weighted by molar-refractivity contribution is -0.121. The van der Waals surface area contributed by atoms with E-state index in [-0.39, 0.29) is 11.9 Å². The van der Waals surface area contributed by atoms with Crippen LogP contribution in [0.2, 0.25) is 0 Å². The molecule has 4 rings (SSSR count). The Balaban J connectivity index is 1.47. The first-order valence-corrected chi connectivity index (χ1v) is 11.6. The summed E-state index contributed by atoms with van der Waals surface area (Å²) < 4.78 is 7.29. The third kappa shape index (κ3) is 5.00. The number of nitrogens with zero attached hydrogens (tertiary/aromatic N) is 3. The van der Waals surface area contributed by atoms with E-state index in [9.17, 15) is 4.79 Å². The maximum Gasteiger partial charge on any atom is 0.220 e. The average molecular weight is 445 g/mol. The topological polar surface area (TPSA) is 73.0 Å². The van der Waals surface area contributed by atoms with E-state index in [0.29, 0.717) is 12.8 Å². The van der Waals surface area contributed by atoms with Gasteiger partial charge in [-0.1, -0.05) is 17.7 Å². The summed E-state index contributed by atoms with van der Waals surface area (Å²) in [5.41, 5.74) is 7.27. The molecule has 6 nitrogen and oxygen atoms in total. The van der Waals surface area contributed by atoms with Crippen LogP contribution in [0, 0.1) is 27.7 Å². The number of carbonyl (C=O) groups excluding carboxylic acids is 1. The minimum Gasteiger partial charge on any atom is -0.469 e. The fourth-order valence-electron chi connectivity index (χ4n) is 4.41. The monoisotopic (exact) mass is 444 g/mol. The Morgan fingerprint density at radius 1 is 1.06 bits per heavy atom. The quantitative estimate of drug-likeness (QED) is 0.399. The number of hydrogen-bond acceptors (Lipinski definition) is 4. The molecule has 0 radical (unpaired) electrons. The average Bonchev–Trinajstić information content (AvgIpc) is 3.40. The maximum atomic E-state index is 12.6. The van der Waals surface area contributed by atoms with Gasteiger partial charge in [-0.05, 0) is 82.9 Å². The van der Waals surface area contributed by atoms with Crippen LogP contribution in [0.5, 0.6) is 0 Å². The van der Waals surface area contributed by atoms with Crippen molar-refractivity contribution in [1.29, 1.82) is 0 Å². The number of aryl methyl sites for hydroxylation is 5. The van der Waals surface area contributed by atoms with Gasteiger partial charge in [-0.3, -0.25) is 4.79 Å². The predicted molar refractivity (Wildman–Crippen MR) is 131 cm³/mol. The molecule has 1 N–H and O–H groups in total. The third-order valence-electron chi connectivity index (χ3n) is 6.27. The van der Waals surface area contributed by atoms with Crippen LogP contribution in [0.1, 0.15) is 53.6 Å². The molecule has 0 fully saturated rings. The number of furan rings is 1. The van der Waals surface area contributed by atoms with Gasteiger partial charge in [0.25, 0.3) is 0 Å². The molecule has 0 saturated carbocycles. The van der Waals surface area contributed by atoms with Crippen LogP contribution in [0.3, 0.4) is 0 Å². The minimum absolute atomic E-state index is 0.0629. The fourth-order valence-corrected chi connectivity index (χ4v) is 4.41. The Morgan fingerprint density at radius 2 is 1.82 bits per heavy atom. The fraction of sp³-hybridized carbons (Fsp3) is 0.370. The van der Waals surface area contributed by atoms with Gasteiger partial charge in [0.05, 0.1) is 17.6 Å².